The molecule has 178 valence electrons. The standard InChI is InChI=1S/C26H30N4O4/c1-17-18(2-5-20-21(17)16-34-24(20)32)8-12-28-13-9-26(10-14-28)11-15-29(25(26)33)22-6-7-23(31)30(27-22)19-3-4-19/h2,5-7,19H,3-4,8-16H2,1H3. The maximum Gasteiger partial charge on any atom is 0.338 e. The number of carbonyl (C=O) groups is 2. The smallest absolute Gasteiger partial charge is 0.338 e. The highest BCUT2D eigenvalue weighted by Crippen LogP contribution is 2.43. The second-order valence-electron chi connectivity index (χ2n) is 10.2. The Morgan fingerprint density at radius 2 is 1.79 bits per heavy atom. The summed E-state index contributed by atoms with van der Waals surface area (Å²) in [6.45, 7) is 5.87. The van der Waals surface area contributed by atoms with Crippen molar-refractivity contribution in [2.75, 3.05) is 31.1 Å². The largest absolute Gasteiger partial charge is 0.457 e. The SMILES string of the molecule is Cc1c(CCN2CCC3(CC2)CCN(c2ccc(=O)n(C4CC4)n2)C3=O)ccc2c1COC2=O. The summed E-state index contributed by atoms with van der Waals surface area (Å²) in [7, 11) is 0. The fraction of sp³-hybridized carbons (Fsp3) is 0.538. The number of nitrogens with zero attached hydrogens (tertiary/aromatic N) is 4. The third-order valence-electron chi connectivity index (χ3n) is 8.28. The number of carbonyl (C=O) groups excluding carboxylic acids is 2. The highest BCUT2D eigenvalue weighted by atomic mass is 16.5. The predicted molar refractivity (Wildman–Crippen MR) is 126 cm³/mol. The molecule has 0 atom stereocenters. The van der Waals surface area contributed by atoms with E-state index < -0.39 is 0 Å². The molecule has 0 unspecified atom stereocenters. The van der Waals surface area contributed by atoms with E-state index in [0.29, 0.717) is 24.5 Å². The molecule has 0 bridgehead atoms. The van der Waals surface area contributed by atoms with Crippen LogP contribution in [-0.2, 0) is 22.6 Å². The summed E-state index contributed by atoms with van der Waals surface area (Å²) in [4.78, 5) is 41.6. The Balaban J connectivity index is 1.08. The van der Waals surface area contributed by atoms with Crippen molar-refractivity contribution in [3.8, 4) is 0 Å². The number of amides is 1. The first-order chi connectivity index (χ1) is 16.4. The molecule has 2 aromatic rings. The molecule has 34 heavy (non-hydrogen) atoms. The molecule has 4 heterocycles. The molecule has 1 amide bonds. The molecular formula is C26H30N4O4. The van der Waals surface area contributed by atoms with E-state index in [1.165, 1.54) is 11.1 Å². The number of esters is 1. The summed E-state index contributed by atoms with van der Waals surface area (Å²) in [5.41, 5.74) is 3.76. The molecule has 1 saturated carbocycles. The van der Waals surface area contributed by atoms with Crippen LogP contribution < -0.4 is 10.5 Å². The molecule has 6 rings (SSSR count). The van der Waals surface area contributed by atoms with Crippen LogP contribution in [0.5, 0.6) is 0 Å². The summed E-state index contributed by atoms with van der Waals surface area (Å²) >= 11 is 0. The van der Waals surface area contributed by atoms with Crippen LogP contribution >= 0.6 is 0 Å². The van der Waals surface area contributed by atoms with Crippen LogP contribution in [0.25, 0.3) is 0 Å². The molecule has 0 N–H and O–H groups in total. The number of anilines is 1. The topological polar surface area (TPSA) is 84.7 Å². The number of fused-ring (bicyclic) bond motifs is 1. The first-order valence-corrected chi connectivity index (χ1v) is 12.4. The molecule has 3 aliphatic heterocycles. The van der Waals surface area contributed by atoms with Crippen LogP contribution in [0.1, 0.15) is 65.2 Å². The predicted octanol–water partition coefficient (Wildman–Crippen LogP) is 2.62. The number of hydrogen-bond donors (Lipinski definition) is 0. The lowest BCUT2D eigenvalue weighted by Gasteiger charge is -2.38. The third kappa shape index (κ3) is 3.55. The molecule has 1 spiro atoms. The molecule has 0 radical (unpaired) electrons. The summed E-state index contributed by atoms with van der Waals surface area (Å²) in [5, 5.41) is 4.53. The fourth-order valence-electron chi connectivity index (χ4n) is 5.79. The Morgan fingerprint density at radius 3 is 2.56 bits per heavy atom. The maximum atomic E-state index is 13.5. The van der Waals surface area contributed by atoms with Gasteiger partial charge in [-0.1, -0.05) is 6.07 Å². The van der Waals surface area contributed by atoms with Crippen LogP contribution in [0.4, 0.5) is 5.82 Å². The van der Waals surface area contributed by atoms with E-state index in [-0.39, 0.29) is 28.9 Å². The molecular weight excluding hydrogens is 432 g/mol. The zero-order valence-corrected chi connectivity index (χ0v) is 19.6. The third-order valence-corrected chi connectivity index (χ3v) is 8.28. The molecule has 4 aliphatic rings. The number of likely N-dealkylation sites (tertiary alicyclic amines) is 1. The lowest BCUT2D eigenvalue weighted by atomic mass is 9.77. The number of aromatic nitrogens is 2. The summed E-state index contributed by atoms with van der Waals surface area (Å²) < 4.78 is 6.73. The van der Waals surface area contributed by atoms with Crippen molar-refractivity contribution >= 4 is 17.7 Å². The van der Waals surface area contributed by atoms with Gasteiger partial charge in [-0.15, -0.1) is 0 Å². The fourth-order valence-corrected chi connectivity index (χ4v) is 5.79. The van der Waals surface area contributed by atoms with E-state index in [4.69, 9.17) is 4.74 Å². The second-order valence-corrected chi connectivity index (χ2v) is 10.2. The van der Waals surface area contributed by atoms with E-state index in [1.807, 2.05) is 6.07 Å². The monoisotopic (exact) mass is 462 g/mol. The van der Waals surface area contributed by atoms with E-state index in [2.05, 4.69) is 23.0 Å². The normalized spacial score (nSPS) is 21.9. The van der Waals surface area contributed by atoms with Gasteiger partial charge in [0.15, 0.2) is 5.82 Å². The van der Waals surface area contributed by atoms with Crippen molar-refractivity contribution in [3.05, 3.63) is 56.9 Å². The van der Waals surface area contributed by atoms with E-state index >= 15 is 0 Å². The summed E-state index contributed by atoms with van der Waals surface area (Å²) in [6.07, 6.45) is 5.46. The van der Waals surface area contributed by atoms with Crippen LogP contribution in [0, 0.1) is 12.3 Å². The molecule has 8 nitrogen and oxygen atoms in total. The summed E-state index contributed by atoms with van der Waals surface area (Å²) in [6, 6.07) is 7.39. The van der Waals surface area contributed by atoms with Crippen molar-refractivity contribution < 1.29 is 14.3 Å². The Bertz CT molecular complexity index is 1220. The first kappa shape index (κ1) is 21.5. The zero-order valence-electron chi connectivity index (χ0n) is 19.6. The Morgan fingerprint density at radius 1 is 1.03 bits per heavy atom. The van der Waals surface area contributed by atoms with Gasteiger partial charge in [0.1, 0.15) is 6.61 Å². The molecule has 1 aliphatic carbocycles. The van der Waals surface area contributed by atoms with E-state index in [1.54, 1.807) is 21.7 Å². The lowest BCUT2D eigenvalue weighted by molar-refractivity contribution is -0.128. The van der Waals surface area contributed by atoms with Gasteiger partial charge in [-0.2, -0.15) is 5.10 Å². The van der Waals surface area contributed by atoms with E-state index in [0.717, 1.165) is 63.7 Å². The van der Waals surface area contributed by atoms with Crippen molar-refractivity contribution in [3.63, 3.8) is 0 Å². The number of cyclic esters (lactones) is 1. The average Bonchev–Trinajstić information content (AvgIpc) is 3.55. The second kappa shape index (κ2) is 8.05. The molecule has 1 aromatic carbocycles. The maximum absolute atomic E-state index is 13.5. The quantitative estimate of drug-likeness (QED) is 0.635. The number of rotatable bonds is 5. The van der Waals surface area contributed by atoms with Crippen molar-refractivity contribution in [2.24, 2.45) is 5.41 Å². The average molecular weight is 463 g/mol. The van der Waals surface area contributed by atoms with Crippen LogP contribution in [0.15, 0.2) is 29.1 Å². The van der Waals surface area contributed by atoms with Crippen molar-refractivity contribution in [2.45, 2.75) is 58.1 Å². The minimum atomic E-state index is -0.306. The highest BCUT2D eigenvalue weighted by molar-refractivity contribution is 5.99. The minimum absolute atomic E-state index is 0.0846. The zero-order chi connectivity index (χ0) is 23.4. The van der Waals surface area contributed by atoms with Gasteiger partial charge in [0.2, 0.25) is 5.91 Å². The van der Waals surface area contributed by atoms with Crippen LogP contribution in [0.3, 0.4) is 0 Å². The van der Waals surface area contributed by atoms with Gasteiger partial charge in [-0.25, -0.2) is 9.48 Å². The van der Waals surface area contributed by atoms with Gasteiger partial charge in [0, 0.05) is 24.7 Å². The van der Waals surface area contributed by atoms with Gasteiger partial charge in [0.05, 0.1) is 17.0 Å². The number of benzene rings is 1. The Kier molecular flexibility index (Phi) is 5.09. The first-order valence-electron chi connectivity index (χ1n) is 12.4. The number of hydrogen-bond acceptors (Lipinski definition) is 6. The highest BCUT2D eigenvalue weighted by Gasteiger charge is 2.49. The minimum Gasteiger partial charge on any atom is -0.457 e. The van der Waals surface area contributed by atoms with Gasteiger partial charge in [-0.05, 0) is 81.8 Å². The van der Waals surface area contributed by atoms with Crippen molar-refractivity contribution in [1.29, 1.82) is 0 Å². The Labute approximate surface area is 198 Å². The molecule has 2 saturated heterocycles. The van der Waals surface area contributed by atoms with Gasteiger partial charge in [0.25, 0.3) is 5.56 Å². The van der Waals surface area contributed by atoms with Gasteiger partial charge in [-0.3, -0.25) is 14.5 Å². The van der Waals surface area contributed by atoms with Crippen LogP contribution in [-0.4, -0.2) is 52.7 Å². The lowest BCUT2D eigenvalue weighted by Crippen LogP contribution is -2.45. The van der Waals surface area contributed by atoms with E-state index in [9.17, 15) is 14.4 Å². The number of ether oxygens (including phenoxy) is 1. The Hall–Kier alpha value is -3.00. The summed E-state index contributed by atoms with van der Waals surface area (Å²) in [5.74, 6) is 0.563. The molecule has 1 aromatic heterocycles. The van der Waals surface area contributed by atoms with Gasteiger partial charge >= 0.3 is 5.97 Å². The molecule has 3 fully saturated rings. The van der Waals surface area contributed by atoms with Gasteiger partial charge < -0.3 is 9.64 Å². The molecule has 8 heteroatoms. The van der Waals surface area contributed by atoms with Crippen molar-refractivity contribution in [1.82, 2.24) is 14.7 Å². The number of piperidine rings is 1. The van der Waals surface area contributed by atoms with Crippen LogP contribution in [0.2, 0.25) is 0 Å².